The van der Waals surface area contributed by atoms with E-state index in [0.29, 0.717) is 0 Å². The molecule has 0 aromatic carbocycles. The second-order valence-electron chi connectivity index (χ2n) is 4.90. The van der Waals surface area contributed by atoms with E-state index in [1.165, 1.54) is 12.8 Å². The highest BCUT2D eigenvalue weighted by atomic mass is 16.3. The molecule has 1 aliphatic carbocycles. The Kier molecular flexibility index (Phi) is 3.33. The number of aliphatic hydroxyl groups excluding tert-OH is 1. The van der Waals surface area contributed by atoms with Crippen LogP contribution in [-0.4, -0.2) is 14.7 Å². The molecule has 3 heteroatoms. The van der Waals surface area contributed by atoms with E-state index in [2.05, 4.69) is 23.4 Å². The van der Waals surface area contributed by atoms with Gasteiger partial charge in [-0.15, -0.1) is 0 Å². The molecule has 0 amide bonds. The third kappa shape index (κ3) is 1.77. The van der Waals surface area contributed by atoms with E-state index in [-0.39, 0.29) is 5.41 Å². The lowest BCUT2D eigenvalue weighted by Gasteiger charge is -2.33. The number of imidazole rings is 1. The number of aromatic nitrogens is 2. The summed E-state index contributed by atoms with van der Waals surface area (Å²) < 4.78 is 2.06. The molecule has 1 aromatic heterocycles. The molecule has 3 nitrogen and oxygen atoms in total. The summed E-state index contributed by atoms with van der Waals surface area (Å²) in [4.78, 5) is 4.34. The van der Waals surface area contributed by atoms with E-state index in [1.54, 1.807) is 6.20 Å². The zero-order chi connectivity index (χ0) is 11.6. The summed E-state index contributed by atoms with van der Waals surface area (Å²) >= 11 is 0. The van der Waals surface area contributed by atoms with Crippen LogP contribution in [0, 0.1) is 5.41 Å². The van der Waals surface area contributed by atoms with Crippen molar-refractivity contribution >= 4 is 0 Å². The molecule has 0 aliphatic heterocycles. The van der Waals surface area contributed by atoms with Crippen molar-refractivity contribution in [2.24, 2.45) is 5.41 Å². The van der Waals surface area contributed by atoms with Crippen LogP contribution >= 0.6 is 0 Å². The van der Waals surface area contributed by atoms with Crippen molar-refractivity contribution < 1.29 is 5.11 Å². The zero-order valence-electron chi connectivity index (χ0n) is 10.3. The average Bonchev–Trinajstić information content (AvgIpc) is 2.97. The fraction of sp³-hybridized carbons (Fsp3) is 0.769. The quantitative estimate of drug-likeness (QED) is 0.850. The van der Waals surface area contributed by atoms with Gasteiger partial charge in [0.05, 0.1) is 0 Å². The molecule has 1 aromatic rings. The first-order valence-electron chi connectivity index (χ1n) is 6.42. The summed E-state index contributed by atoms with van der Waals surface area (Å²) in [6.07, 6.45) is 9.18. The maximum atomic E-state index is 10.6. The smallest absolute Gasteiger partial charge is 0.138 e. The Morgan fingerprint density at radius 2 is 2.12 bits per heavy atom. The number of hydrogen-bond donors (Lipinski definition) is 1. The summed E-state index contributed by atoms with van der Waals surface area (Å²) in [5.41, 5.74) is 0.0816. The van der Waals surface area contributed by atoms with Crippen LogP contribution in [0.25, 0.3) is 0 Å². The Balaban J connectivity index is 2.26. The van der Waals surface area contributed by atoms with E-state index in [1.807, 2.05) is 6.20 Å². The van der Waals surface area contributed by atoms with E-state index < -0.39 is 6.10 Å². The van der Waals surface area contributed by atoms with E-state index in [9.17, 15) is 5.11 Å². The van der Waals surface area contributed by atoms with Gasteiger partial charge < -0.3 is 9.67 Å². The predicted molar refractivity (Wildman–Crippen MR) is 64.1 cm³/mol. The standard InChI is InChI=1S/C13H22N2O/c1-3-13(7-5-6-8-13)11(16)12-14-9-10-15(12)4-2/h9-11,16H,3-8H2,1-2H3. The molecule has 0 saturated heterocycles. The van der Waals surface area contributed by atoms with Gasteiger partial charge >= 0.3 is 0 Å². The lowest BCUT2D eigenvalue weighted by Crippen LogP contribution is -2.27. The maximum Gasteiger partial charge on any atom is 0.138 e. The second kappa shape index (κ2) is 4.58. The summed E-state index contributed by atoms with van der Waals surface area (Å²) in [7, 11) is 0. The fourth-order valence-corrected chi connectivity index (χ4v) is 3.01. The van der Waals surface area contributed by atoms with Crippen LogP contribution < -0.4 is 0 Å². The summed E-state index contributed by atoms with van der Waals surface area (Å²) in [6, 6.07) is 0. The Labute approximate surface area is 97.5 Å². The topological polar surface area (TPSA) is 38.0 Å². The molecule has 2 rings (SSSR count). The molecular formula is C13H22N2O. The van der Waals surface area contributed by atoms with Gasteiger partial charge in [-0.3, -0.25) is 0 Å². The molecule has 16 heavy (non-hydrogen) atoms. The number of rotatable bonds is 4. The molecule has 1 unspecified atom stereocenters. The van der Waals surface area contributed by atoms with Crippen molar-refractivity contribution in [3.05, 3.63) is 18.2 Å². The summed E-state index contributed by atoms with van der Waals surface area (Å²) in [5, 5.41) is 10.6. The van der Waals surface area contributed by atoms with Crippen LogP contribution in [-0.2, 0) is 6.54 Å². The minimum Gasteiger partial charge on any atom is -0.385 e. The molecular weight excluding hydrogens is 200 g/mol. The Morgan fingerprint density at radius 3 is 2.69 bits per heavy atom. The van der Waals surface area contributed by atoms with Crippen LogP contribution in [0.15, 0.2) is 12.4 Å². The lowest BCUT2D eigenvalue weighted by atomic mass is 9.77. The van der Waals surface area contributed by atoms with Crippen molar-refractivity contribution in [1.82, 2.24) is 9.55 Å². The minimum absolute atomic E-state index is 0.0816. The number of aryl methyl sites for hydroxylation is 1. The van der Waals surface area contributed by atoms with E-state index in [4.69, 9.17) is 0 Å². The van der Waals surface area contributed by atoms with Crippen molar-refractivity contribution in [1.29, 1.82) is 0 Å². The van der Waals surface area contributed by atoms with Crippen LogP contribution in [0.4, 0.5) is 0 Å². The molecule has 1 aliphatic rings. The third-order valence-corrected chi connectivity index (χ3v) is 4.22. The van der Waals surface area contributed by atoms with Crippen LogP contribution in [0.1, 0.15) is 57.9 Å². The molecule has 1 fully saturated rings. The van der Waals surface area contributed by atoms with Gasteiger partial charge in [-0.2, -0.15) is 0 Å². The van der Waals surface area contributed by atoms with E-state index in [0.717, 1.165) is 31.6 Å². The van der Waals surface area contributed by atoms with Gasteiger partial charge in [0.15, 0.2) is 0 Å². The molecule has 90 valence electrons. The van der Waals surface area contributed by atoms with Crippen molar-refractivity contribution in [2.75, 3.05) is 0 Å². The first-order valence-corrected chi connectivity index (χ1v) is 6.42. The SMILES string of the molecule is CCn1ccnc1C(O)C1(CC)CCCC1. The van der Waals surface area contributed by atoms with Crippen LogP contribution in [0.5, 0.6) is 0 Å². The van der Waals surface area contributed by atoms with Gasteiger partial charge in [0.25, 0.3) is 0 Å². The van der Waals surface area contributed by atoms with Crippen molar-refractivity contribution in [2.45, 2.75) is 58.6 Å². The summed E-state index contributed by atoms with van der Waals surface area (Å²) in [6.45, 7) is 5.16. The fourth-order valence-electron chi connectivity index (χ4n) is 3.01. The van der Waals surface area contributed by atoms with Gasteiger partial charge in [-0.05, 0) is 26.2 Å². The van der Waals surface area contributed by atoms with Gasteiger partial charge in [0.1, 0.15) is 11.9 Å². The largest absolute Gasteiger partial charge is 0.385 e. The molecule has 0 spiro atoms. The Bertz CT molecular complexity index is 339. The number of hydrogen-bond acceptors (Lipinski definition) is 2. The zero-order valence-corrected chi connectivity index (χ0v) is 10.3. The highest BCUT2D eigenvalue weighted by molar-refractivity contribution is 5.04. The molecule has 1 N–H and O–H groups in total. The van der Waals surface area contributed by atoms with Gasteiger partial charge in [-0.25, -0.2) is 4.98 Å². The van der Waals surface area contributed by atoms with Crippen molar-refractivity contribution in [3.63, 3.8) is 0 Å². The third-order valence-electron chi connectivity index (χ3n) is 4.22. The number of nitrogens with zero attached hydrogens (tertiary/aromatic N) is 2. The maximum absolute atomic E-state index is 10.6. The van der Waals surface area contributed by atoms with Gasteiger partial charge in [0.2, 0.25) is 0 Å². The second-order valence-corrected chi connectivity index (χ2v) is 4.90. The minimum atomic E-state index is -0.394. The normalized spacial score (nSPS) is 21.2. The van der Waals surface area contributed by atoms with Gasteiger partial charge in [-0.1, -0.05) is 19.8 Å². The average molecular weight is 222 g/mol. The highest BCUT2D eigenvalue weighted by Crippen LogP contribution is 2.49. The molecule has 1 heterocycles. The summed E-state index contributed by atoms with van der Waals surface area (Å²) in [5.74, 6) is 0.853. The Morgan fingerprint density at radius 1 is 1.44 bits per heavy atom. The monoisotopic (exact) mass is 222 g/mol. The first-order chi connectivity index (χ1) is 7.73. The van der Waals surface area contributed by atoms with Crippen molar-refractivity contribution in [3.8, 4) is 0 Å². The number of aliphatic hydroxyl groups is 1. The predicted octanol–water partition coefficient (Wildman–Crippen LogP) is 2.91. The molecule has 1 atom stereocenters. The van der Waals surface area contributed by atoms with Crippen LogP contribution in [0.2, 0.25) is 0 Å². The Hall–Kier alpha value is -0.830. The molecule has 0 bridgehead atoms. The first kappa shape index (κ1) is 11.6. The van der Waals surface area contributed by atoms with Crippen LogP contribution in [0.3, 0.4) is 0 Å². The molecule has 1 saturated carbocycles. The van der Waals surface area contributed by atoms with E-state index >= 15 is 0 Å². The highest BCUT2D eigenvalue weighted by Gasteiger charge is 2.41. The van der Waals surface area contributed by atoms with Gasteiger partial charge in [0, 0.05) is 24.4 Å². The lowest BCUT2D eigenvalue weighted by molar-refractivity contribution is 0.0146. The molecule has 0 radical (unpaired) electrons.